The number of rotatable bonds is 3. The van der Waals surface area contributed by atoms with E-state index in [0.717, 1.165) is 5.56 Å². The quantitative estimate of drug-likeness (QED) is 0.563. The van der Waals surface area contributed by atoms with E-state index in [1.165, 1.54) is 0 Å². The minimum Gasteiger partial charge on any atom is -0.383 e. The monoisotopic (exact) mass is 206 g/mol. The van der Waals surface area contributed by atoms with Gasteiger partial charge in [0.15, 0.2) is 0 Å². The Morgan fingerprint density at radius 2 is 2.07 bits per heavy atom. The van der Waals surface area contributed by atoms with Gasteiger partial charge in [0.1, 0.15) is 0 Å². The van der Waals surface area contributed by atoms with Crippen molar-refractivity contribution in [3.05, 3.63) is 45.6 Å². The predicted octanol–water partition coefficient (Wildman–Crippen LogP) is 2.44. The van der Waals surface area contributed by atoms with Crippen LogP contribution in [0, 0.1) is 17.0 Å². The molecule has 0 N–H and O–H groups in total. The summed E-state index contributed by atoms with van der Waals surface area (Å²) >= 11 is 0. The Morgan fingerprint density at radius 1 is 1.40 bits per heavy atom. The lowest BCUT2D eigenvalue weighted by atomic mass is 10.1. The summed E-state index contributed by atoms with van der Waals surface area (Å²) in [6.45, 7) is 1.84. The van der Waals surface area contributed by atoms with Crippen molar-refractivity contribution in [2.24, 2.45) is 0 Å². The third-order valence-corrected chi connectivity index (χ3v) is 1.93. The summed E-state index contributed by atoms with van der Waals surface area (Å²) in [5, 5.41) is 10.8. The zero-order valence-corrected chi connectivity index (χ0v) is 9.10. The van der Waals surface area contributed by atoms with Crippen molar-refractivity contribution in [1.29, 1.82) is 0 Å². The molecule has 1 aromatic rings. The van der Waals surface area contributed by atoms with E-state index in [1.807, 2.05) is 32.0 Å². The van der Waals surface area contributed by atoms with Gasteiger partial charge < -0.3 is 4.90 Å². The van der Waals surface area contributed by atoms with Gasteiger partial charge in [-0.25, -0.2) is 0 Å². The number of benzene rings is 1. The summed E-state index contributed by atoms with van der Waals surface area (Å²) in [5.74, 6) is 0. The van der Waals surface area contributed by atoms with Gasteiger partial charge in [0.25, 0.3) is 5.69 Å². The lowest BCUT2D eigenvalue weighted by Gasteiger charge is -2.04. The number of hydrogen-bond acceptors (Lipinski definition) is 3. The first-order chi connectivity index (χ1) is 7.00. The first kappa shape index (κ1) is 11.2. The highest BCUT2D eigenvalue weighted by molar-refractivity contribution is 5.61. The van der Waals surface area contributed by atoms with Gasteiger partial charge in [-0.15, -0.1) is 0 Å². The molecule has 4 nitrogen and oxygen atoms in total. The molecule has 15 heavy (non-hydrogen) atoms. The molecule has 0 aliphatic heterocycles. The summed E-state index contributed by atoms with van der Waals surface area (Å²) < 4.78 is 0. The highest BCUT2D eigenvalue weighted by Gasteiger charge is 2.10. The number of nitro benzene ring substituents is 1. The van der Waals surface area contributed by atoms with Crippen LogP contribution in [0.2, 0.25) is 0 Å². The predicted molar refractivity (Wildman–Crippen MR) is 60.6 cm³/mol. The van der Waals surface area contributed by atoms with Gasteiger partial charge >= 0.3 is 0 Å². The van der Waals surface area contributed by atoms with Crippen LogP contribution in [-0.2, 0) is 0 Å². The van der Waals surface area contributed by atoms with E-state index in [4.69, 9.17) is 0 Å². The van der Waals surface area contributed by atoms with Crippen molar-refractivity contribution in [3.8, 4) is 0 Å². The zero-order chi connectivity index (χ0) is 11.4. The van der Waals surface area contributed by atoms with E-state index in [9.17, 15) is 10.1 Å². The second-order valence-corrected chi connectivity index (χ2v) is 3.60. The van der Waals surface area contributed by atoms with Crippen LogP contribution >= 0.6 is 0 Å². The van der Waals surface area contributed by atoms with Gasteiger partial charge in [-0.1, -0.05) is 6.07 Å². The standard InChI is InChI=1S/C11H14N2O2/c1-9-4-5-10(6-7-12(2)3)11(8-9)13(14)15/h4-8H,1-3H3. The van der Waals surface area contributed by atoms with Gasteiger partial charge in [0.2, 0.25) is 0 Å². The first-order valence-electron chi connectivity index (χ1n) is 4.60. The molecule has 1 aromatic carbocycles. The molecule has 0 unspecified atom stereocenters. The number of nitrogens with zero attached hydrogens (tertiary/aromatic N) is 2. The molecule has 0 fully saturated rings. The number of nitro groups is 1. The summed E-state index contributed by atoms with van der Waals surface area (Å²) in [4.78, 5) is 12.3. The molecule has 0 radical (unpaired) electrons. The van der Waals surface area contributed by atoms with Crippen molar-refractivity contribution < 1.29 is 4.92 Å². The fourth-order valence-electron chi connectivity index (χ4n) is 1.18. The Labute approximate surface area is 89.0 Å². The molecule has 0 saturated heterocycles. The molecule has 80 valence electrons. The zero-order valence-electron chi connectivity index (χ0n) is 9.10. The molecule has 0 spiro atoms. The minimum absolute atomic E-state index is 0.146. The van der Waals surface area contributed by atoms with Crippen molar-refractivity contribution in [3.63, 3.8) is 0 Å². The fraction of sp³-hybridized carbons (Fsp3) is 0.273. The molecule has 4 heteroatoms. The summed E-state index contributed by atoms with van der Waals surface area (Å²) in [5.41, 5.74) is 1.66. The van der Waals surface area contributed by atoms with E-state index >= 15 is 0 Å². The van der Waals surface area contributed by atoms with E-state index in [-0.39, 0.29) is 10.6 Å². The summed E-state index contributed by atoms with van der Waals surface area (Å²) in [7, 11) is 3.74. The highest BCUT2D eigenvalue weighted by Crippen LogP contribution is 2.21. The van der Waals surface area contributed by atoms with Crippen molar-refractivity contribution >= 4 is 11.8 Å². The first-order valence-corrected chi connectivity index (χ1v) is 4.60. The van der Waals surface area contributed by atoms with Gasteiger partial charge in [0.05, 0.1) is 10.5 Å². The van der Waals surface area contributed by atoms with Crippen LogP contribution in [0.1, 0.15) is 11.1 Å². The van der Waals surface area contributed by atoms with E-state index in [2.05, 4.69) is 0 Å². The number of aryl methyl sites for hydroxylation is 1. The van der Waals surface area contributed by atoms with Crippen LogP contribution in [0.5, 0.6) is 0 Å². The van der Waals surface area contributed by atoms with Crippen LogP contribution in [-0.4, -0.2) is 23.9 Å². The van der Waals surface area contributed by atoms with Crippen LogP contribution < -0.4 is 0 Å². The van der Waals surface area contributed by atoms with Gasteiger partial charge in [-0.2, -0.15) is 0 Å². The fourth-order valence-corrected chi connectivity index (χ4v) is 1.18. The lowest BCUT2D eigenvalue weighted by Crippen LogP contribution is -2.00. The maximum atomic E-state index is 10.8. The second kappa shape index (κ2) is 4.59. The SMILES string of the molecule is Cc1ccc(C=CN(C)C)c([N+](=O)[O-])c1. The summed E-state index contributed by atoms with van der Waals surface area (Å²) in [6.07, 6.45) is 3.52. The molecular formula is C11H14N2O2. The second-order valence-electron chi connectivity index (χ2n) is 3.60. The average molecular weight is 206 g/mol. The minimum atomic E-state index is -0.359. The molecule has 1 rings (SSSR count). The van der Waals surface area contributed by atoms with Crippen molar-refractivity contribution in [2.45, 2.75) is 6.92 Å². The Balaban J connectivity index is 3.12. The average Bonchev–Trinajstić information content (AvgIpc) is 2.15. The third kappa shape index (κ3) is 3.09. The lowest BCUT2D eigenvalue weighted by molar-refractivity contribution is -0.385. The van der Waals surface area contributed by atoms with E-state index in [1.54, 1.807) is 24.4 Å². The molecule has 0 amide bonds. The van der Waals surface area contributed by atoms with Crippen LogP contribution in [0.4, 0.5) is 5.69 Å². The van der Waals surface area contributed by atoms with Crippen LogP contribution in [0.3, 0.4) is 0 Å². The Morgan fingerprint density at radius 3 is 2.60 bits per heavy atom. The Bertz CT molecular complexity index is 398. The molecule has 0 bridgehead atoms. The Hall–Kier alpha value is -1.84. The molecule has 0 atom stereocenters. The van der Waals surface area contributed by atoms with Crippen LogP contribution in [0.15, 0.2) is 24.4 Å². The molecular weight excluding hydrogens is 192 g/mol. The maximum Gasteiger partial charge on any atom is 0.276 e. The smallest absolute Gasteiger partial charge is 0.276 e. The molecule has 0 saturated carbocycles. The molecule has 0 aliphatic rings. The third-order valence-electron chi connectivity index (χ3n) is 1.93. The Kier molecular flexibility index (Phi) is 3.44. The van der Waals surface area contributed by atoms with Crippen molar-refractivity contribution in [1.82, 2.24) is 4.90 Å². The van der Waals surface area contributed by atoms with Gasteiger partial charge in [0, 0.05) is 20.2 Å². The maximum absolute atomic E-state index is 10.8. The highest BCUT2D eigenvalue weighted by atomic mass is 16.6. The molecule has 0 heterocycles. The van der Waals surface area contributed by atoms with E-state index in [0.29, 0.717) is 5.56 Å². The molecule has 0 aromatic heterocycles. The van der Waals surface area contributed by atoms with Crippen LogP contribution in [0.25, 0.3) is 6.08 Å². The normalized spacial score (nSPS) is 10.6. The van der Waals surface area contributed by atoms with Gasteiger partial charge in [-0.3, -0.25) is 10.1 Å². The number of hydrogen-bond donors (Lipinski definition) is 0. The topological polar surface area (TPSA) is 46.4 Å². The van der Waals surface area contributed by atoms with Crippen molar-refractivity contribution in [2.75, 3.05) is 14.1 Å². The van der Waals surface area contributed by atoms with E-state index < -0.39 is 0 Å². The largest absolute Gasteiger partial charge is 0.383 e. The summed E-state index contributed by atoms with van der Waals surface area (Å²) in [6, 6.07) is 5.20. The van der Waals surface area contributed by atoms with Gasteiger partial charge in [-0.05, 0) is 30.8 Å². The molecule has 0 aliphatic carbocycles.